The molecule has 7 heteroatoms. The van der Waals surface area contributed by atoms with Crippen LogP contribution in [0.25, 0.3) is 16.9 Å². The van der Waals surface area contributed by atoms with Gasteiger partial charge in [-0.1, -0.05) is 35.9 Å². The molecule has 0 bridgehead atoms. The van der Waals surface area contributed by atoms with Crippen LogP contribution in [-0.4, -0.2) is 32.6 Å². The summed E-state index contributed by atoms with van der Waals surface area (Å²) in [5.74, 6) is -0.210. The quantitative estimate of drug-likeness (QED) is 0.500. The molecular formula is C24H25ClN2O4. The van der Waals surface area contributed by atoms with Crippen molar-refractivity contribution in [1.29, 1.82) is 0 Å². The van der Waals surface area contributed by atoms with Crippen LogP contribution >= 0.6 is 11.6 Å². The maximum Gasteiger partial charge on any atom is 0.335 e. The molecule has 31 heavy (non-hydrogen) atoms. The van der Waals surface area contributed by atoms with Gasteiger partial charge in [0.05, 0.1) is 34.8 Å². The summed E-state index contributed by atoms with van der Waals surface area (Å²) >= 11 is 6.45. The average molecular weight is 441 g/mol. The van der Waals surface area contributed by atoms with E-state index in [0.29, 0.717) is 10.7 Å². The molecule has 0 atom stereocenters. The Kier molecular flexibility index (Phi) is 6.03. The second-order valence-corrected chi connectivity index (χ2v) is 8.59. The number of aliphatic carboxylic acids is 1. The van der Waals surface area contributed by atoms with Crippen molar-refractivity contribution in [2.75, 3.05) is 0 Å². The first-order chi connectivity index (χ1) is 14.8. The lowest BCUT2D eigenvalue weighted by Gasteiger charge is -2.26. The average Bonchev–Trinajstić information content (AvgIpc) is 3.14. The SMILES string of the molecule is CC(C)(OCc1cc(-c2cccc(OC3CCC3)c2)n(-c2ccccc2Cl)n1)C(=O)O. The van der Waals surface area contributed by atoms with Gasteiger partial charge in [-0.05, 0) is 63.4 Å². The van der Waals surface area contributed by atoms with E-state index in [2.05, 4.69) is 5.10 Å². The van der Waals surface area contributed by atoms with Crippen LogP contribution in [0.1, 0.15) is 38.8 Å². The van der Waals surface area contributed by atoms with Crippen LogP contribution in [0.2, 0.25) is 5.02 Å². The third kappa shape index (κ3) is 4.75. The highest BCUT2D eigenvalue weighted by atomic mass is 35.5. The number of halogens is 1. The fourth-order valence-electron chi connectivity index (χ4n) is 3.24. The molecule has 2 aromatic carbocycles. The lowest BCUT2D eigenvalue weighted by atomic mass is 9.96. The number of hydrogen-bond donors (Lipinski definition) is 1. The van der Waals surface area contributed by atoms with Crippen molar-refractivity contribution in [1.82, 2.24) is 9.78 Å². The molecule has 3 aromatic rings. The predicted molar refractivity (Wildman–Crippen MR) is 119 cm³/mol. The minimum atomic E-state index is -1.31. The van der Waals surface area contributed by atoms with E-state index < -0.39 is 11.6 Å². The first-order valence-corrected chi connectivity index (χ1v) is 10.7. The molecule has 0 amide bonds. The van der Waals surface area contributed by atoms with Crippen LogP contribution in [0.5, 0.6) is 5.75 Å². The number of para-hydroxylation sites is 1. The molecule has 1 fully saturated rings. The number of carboxylic acids is 1. The van der Waals surface area contributed by atoms with Crippen LogP contribution in [0.15, 0.2) is 54.6 Å². The molecule has 0 radical (unpaired) electrons. The summed E-state index contributed by atoms with van der Waals surface area (Å²) in [7, 11) is 0. The van der Waals surface area contributed by atoms with Gasteiger partial charge in [0.15, 0.2) is 5.60 Å². The number of aromatic nitrogens is 2. The predicted octanol–water partition coefficient (Wildman–Crippen LogP) is 5.50. The zero-order chi connectivity index (χ0) is 22.0. The van der Waals surface area contributed by atoms with Gasteiger partial charge in [-0.2, -0.15) is 5.10 Å². The normalized spacial score (nSPS) is 14.3. The molecule has 162 valence electrons. The largest absolute Gasteiger partial charge is 0.490 e. The van der Waals surface area contributed by atoms with E-state index in [0.717, 1.165) is 35.5 Å². The van der Waals surface area contributed by atoms with Crippen molar-refractivity contribution in [3.8, 4) is 22.7 Å². The zero-order valence-corrected chi connectivity index (χ0v) is 18.3. The van der Waals surface area contributed by atoms with Crippen molar-refractivity contribution in [3.63, 3.8) is 0 Å². The number of ether oxygens (including phenoxy) is 2. The third-order valence-corrected chi connectivity index (χ3v) is 5.74. The summed E-state index contributed by atoms with van der Waals surface area (Å²) in [6, 6.07) is 17.2. The summed E-state index contributed by atoms with van der Waals surface area (Å²) in [6.45, 7) is 3.09. The summed E-state index contributed by atoms with van der Waals surface area (Å²) in [5, 5.41) is 14.6. The molecular weight excluding hydrogens is 416 g/mol. The van der Waals surface area contributed by atoms with Gasteiger partial charge in [0.1, 0.15) is 5.75 Å². The number of rotatable bonds is 8. The topological polar surface area (TPSA) is 73.6 Å². The van der Waals surface area contributed by atoms with Crippen LogP contribution < -0.4 is 4.74 Å². The third-order valence-electron chi connectivity index (χ3n) is 5.42. The van der Waals surface area contributed by atoms with E-state index in [1.807, 2.05) is 54.6 Å². The van der Waals surface area contributed by atoms with E-state index in [9.17, 15) is 9.90 Å². The van der Waals surface area contributed by atoms with Crippen LogP contribution in [-0.2, 0) is 16.1 Å². The monoisotopic (exact) mass is 440 g/mol. The van der Waals surface area contributed by atoms with Gasteiger partial charge in [-0.3, -0.25) is 0 Å². The number of benzene rings is 2. The molecule has 1 N–H and O–H groups in total. The Labute approximate surface area is 186 Å². The van der Waals surface area contributed by atoms with Gasteiger partial charge >= 0.3 is 5.97 Å². The van der Waals surface area contributed by atoms with Crippen molar-refractivity contribution >= 4 is 17.6 Å². The van der Waals surface area contributed by atoms with Crippen LogP contribution in [0.3, 0.4) is 0 Å². The molecule has 1 aliphatic carbocycles. The second-order valence-electron chi connectivity index (χ2n) is 8.19. The maximum atomic E-state index is 11.4. The Morgan fingerprint density at radius 3 is 2.65 bits per heavy atom. The Morgan fingerprint density at radius 2 is 1.97 bits per heavy atom. The summed E-state index contributed by atoms with van der Waals surface area (Å²) in [5.41, 5.74) is 1.76. The lowest BCUT2D eigenvalue weighted by molar-refractivity contribution is -0.162. The van der Waals surface area contributed by atoms with Crippen molar-refractivity contribution < 1.29 is 19.4 Å². The number of carbonyl (C=O) groups is 1. The molecule has 1 aliphatic rings. The van der Waals surface area contributed by atoms with E-state index in [1.165, 1.54) is 20.3 Å². The molecule has 0 aliphatic heterocycles. The fraction of sp³-hybridized carbons (Fsp3) is 0.333. The molecule has 0 spiro atoms. The molecule has 1 aromatic heterocycles. The number of nitrogens with zero attached hydrogens (tertiary/aromatic N) is 2. The van der Waals surface area contributed by atoms with E-state index in [-0.39, 0.29) is 12.7 Å². The standard InChI is InChI=1S/C24H25ClN2O4/c1-24(2,23(28)29)30-15-17-14-22(27(26-17)21-12-4-3-11-20(21)25)16-7-5-10-19(13-16)31-18-8-6-9-18/h3-5,7,10-14,18H,6,8-9,15H2,1-2H3,(H,28,29). The summed E-state index contributed by atoms with van der Waals surface area (Å²) < 4.78 is 13.4. The number of carboxylic acid groups (broad SMARTS) is 1. The molecule has 0 saturated heterocycles. The van der Waals surface area contributed by atoms with Gasteiger partial charge in [-0.25, -0.2) is 9.48 Å². The molecule has 0 unspecified atom stereocenters. The Morgan fingerprint density at radius 1 is 1.19 bits per heavy atom. The van der Waals surface area contributed by atoms with Gasteiger partial charge < -0.3 is 14.6 Å². The minimum Gasteiger partial charge on any atom is -0.490 e. The molecule has 6 nitrogen and oxygen atoms in total. The number of hydrogen-bond acceptors (Lipinski definition) is 4. The molecule has 1 heterocycles. The minimum absolute atomic E-state index is 0.0576. The van der Waals surface area contributed by atoms with E-state index >= 15 is 0 Å². The smallest absolute Gasteiger partial charge is 0.335 e. The summed E-state index contributed by atoms with van der Waals surface area (Å²) in [6.07, 6.45) is 3.66. The van der Waals surface area contributed by atoms with Crippen LogP contribution in [0, 0.1) is 0 Å². The molecule has 4 rings (SSSR count). The van der Waals surface area contributed by atoms with Gasteiger partial charge in [0.2, 0.25) is 0 Å². The fourth-order valence-corrected chi connectivity index (χ4v) is 3.46. The van der Waals surface area contributed by atoms with Gasteiger partial charge in [0.25, 0.3) is 0 Å². The molecule has 1 saturated carbocycles. The van der Waals surface area contributed by atoms with Crippen molar-refractivity contribution in [3.05, 3.63) is 65.3 Å². The van der Waals surface area contributed by atoms with Crippen molar-refractivity contribution in [2.24, 2.45) is 0 Å². The highest BCUT2D eigenvalue weighted by Crippen LogP contribution is 2.32. The lowest BCUT2D eigenvalue weighted by Crippen LogP contribution is -2.34. The van der Waals surface area contributed by atoms with Crippen molar-refractivity contribution in [2.45, 2.75) is 51.4 Å². The first-order valence-electron chi connectivity index (χ1n) is 10.3. The zero-order valence-electron chi connectivity index (χ0n) is 17.5. The van der Waals surface area contributed by atoms with Gasteiger partial charge in [0, 0.05) is 5.56 Å². The summed E-state index contributed by atoms with van der Waals surface area (Å²) in [4.78, 5) is 11.4. The second kappa shape index (κ2) is 8.73. The maximum absolute atomic E-state index is 11.4. The Balaban J connectivity index is 1.70. The van der Waals surface area contributed by atoms with Crippen LogP contribution in [0.4, 0.5) is 0 Å². The Hall–Kier alpha value is -2.83. The highest BCUT2D eigenvalue weighted by Gasteiger charge is 2.28. The first kappa shape index (κ1) is 21.4. The van der Waals surface area contributed by atoms with Gasteiger partial charge in [-0.15, -0.1) is 0 Å². The Bertz CT molecular complexity index is 1090. The van der Waals surface area contributed by atoms with E-state index in [4.69, 9.17) is 21.1 Å². The highest BCUT2D eigenvalue weighted by molar-refractivity contribution is 6.32. The van der Waals surface area contributed by atoms with E-state index in [1.54, 1.807) is 4.68 Å².